The molecule has 0 aliphatic carbocycles. The van der Waals surface area contributed by atoms with Gasteiger partial charge in [0.25, 0.3) is 0 Å². The quantitative estimate of drug-likeness (QED) is 0.827. The molecule has 2 heterocycles. The second-order valence-electron chi connectivity index (χ2n) is 7.32. The number of halogens is 1. The van der Waals surface area contributed by atoms with E-state index in [0.29, 0.717) is 19.7 Å². The first kappa shape index (κ1) is 18.0. The fourth-order valence-electron chi connectivity index (χ4n) is 4.09. The SMILES string of the molecule is O=C(CN1CCOc2ccccc2C1)N1CCCCC1c1cccc(F)c1. The van der Waals surface area contributed by atoms with Crippen LogP contribution in [0.25, 0.3) is 0 Å². The third-order valence-corrected chi connectivity index (χ3v) is 5.45. The molecule has 0 aromatic heterocycles. The van der Waals surface area contributed by atoms with E-state index in [0.717, 1.165) is 49.2 Å². The van der Waals surface area contributed by atoms with Crippen LogP contribution < -0.4 is 4.74 Å². The molecule has 0 bridgehead atoms. The number of benzene rings is 2. The number of carbonyl (C=O) groups excluding carboxylic acids is 1. The molecule has 1 atom stereocenters. The summed E-state index contributed by atoms with van der Waals surface area (Å²) in [4.78, 5) is 17.2. The van der Waals surface area contributed by atoms with Crippen LogP contribution in [0.2, 0.25) is 0 Å². The molecule has 2 aromatic rings. The summed E-state index contributed by atoms with van der Waals surface area (Å²) >= 11 is 0. The summed E-state index contributed by atoms with van der Waals surface area (Å²) in [6.45, 7) is 3.11. The standard InChI is InChI=1S/C22H25FN2O2/c23-19-8-5-7-17(14-19)20-9-3-4-11-25(20)22(26)16-24-12-13-27-21-10-2-1-6-18(21)15-24/h1-2,5-8,10,14,20H,3-4,9,11-13,15-16H2. The van der Waals surface area contributed by atoms with Crippen molar-refractivity contribution in [1.82, 2.24) is 9.80 Å². The number of carbonyl (C=O) groups is 1. The Balaban J connectivity index is 1.48. The normalized spacial score (nSPS) is 20.5. The van der Waals surface area contributed by atoms with Gasteiger partial charge in [0.15, 0.2) is 0 Å². The fourth-order valence-corrected chi connectivity index (χ4v) is 4.09. The van der Waals surface area contributed by atoms with Crippen molar-refractivity contribution in [2.75, 3.05) is 26.2 Å². The minimum atomic E-state index is -0.244. The maximum Gasteiger partial charge on any atom is 0.237 e. The predicted molar refractivity (Wildman–Crippen MR) is 102 cm³/mol. The molecule has 0 spiro atoms. The zero-order chi connectivity index (χ0) is 18.6. The molecular formula is C22H25FN2O2. The summed E-state index contributed by atoms with van der Waals surface area (Å²) in [5, 5.41) is 0. The molecule has 1 unspecified atom stereocenters. The van der Waals surface area contributed by atoms with Gasteiger partial charge in [0.05, 0.1) is 12.6 Å². The van der Waals surface area contributed by atoms with E-state index < -0.39 is 0 Å². The number of para-hydroxylation sites is 1. The van der Waals surface area contributed by atoms with E-state index in [2.05, 4.69) is 11.0 Å². The molecule has 2 aliphatic rings. The van der Waals surface area contributed by atoms with Gasteiger partial charge in [-0.05, 0) is 43.0 Å². The van der Waals surface area contributed by atoms with Crippen LogP contribution in [0, 0.1) is 5.82 Å². The summed E-state index contributed by atoms with van der Waals surface area (Å²) in [5.41, 5.74) is 2.01. The van der Waals surface area contributed by atoms with Gasteiger partial charge >= 0.3 is 0 Å². The average molecular weight is 368 g/mol. The number of ether oxygens (including phenoxy) is 1. The van der Waals surface area contributed by atoms with Gasteiger partial charge in [0.2, 0.25) is 5.91 Å². The maximum absolute atomic E-state index is 13.7. The fraction of sp³-hybridized carbons (Fsp3) is 0.409. The molecule has 4 nitrogen and oxygen atoms in total. The first-order valence-electron chi connectivity index (χ1n) is 9.69. The van der Waals surface area contributed by atoms with Gasteiger partial charge in [-0.25, -0.2) is 4.39 Å². The van der Waals surface area contributed by atoms with Crippen molar-refractivity contribution in [1.29, 1.82) is 0 Å². The van der Waals surface area contributed by atoms with Gasteiger partial charge in [-0.15, -0.1) is 0 Å². The van der Waals surface area contributed by atoms with Crippen LogP contribution in [-0.4, -0.2) is 41.9 Å². The lowest BCUT2D eigenvalue weighted by Crippen LogP contribution is -2.44. The molecule has 5 heteroatoms. The number of amides is 1. The number of likely N-dealkylation sites (tertiary alicyclic amines) is 1. The zero-order valence-corrected chi connectivity index (χ0v) is 15.4. The number of nitrogens with zero attached hydrogens (tertiary/aromatic N) is 2. The van der Waals surface area contributed by atoms with Gasteiger partial charge in [-0.3, -0.25) is 9.69 Å². The van der Waals surface area contributed by atoms with E-state index in [9.17, 15) is 9.18 Å². The summed E-state index contributed by atoms with van der Waals surface area (Å²) in [7, 11) is 0. The lowest BCUT2D eigenvalue weighted by atomic mass is 9.95. The van der Waals surface area contributed by atoms with Crippen molar-refractivity contribution in [3.63, 3.8) is 0 Å². The summed E-state index contributed by atoms with van der Waals surface area (Å²) < 4.78 is 19.5. The lowest BCUT2D eigenvalue weighted by molar-refractivity contribution is -0.136. The van der Waals surface area contributed by atoms with Crippen molar-refractivity contribution in [2.24, 2.45) is 0 Å². The molecule has 0 saturated carbocycles. The smallest absolute Gasteiger partial charge is 0.237 e. The third-order valence-electron chi connectivity index (χ3n) is 5.45. The Labute approximate surface area is 159 Å². The Morgan fingerprint density at radius 3 is 2.89 bits per heavy atom. The number of fused-ring (bicyclic) bond motifs is 1. The molecule has 4 rings (SSSR count). The first-order valence-corrected chi connectivity index (χ1v) is 9.69. The molecule has 0 radical (unpaired) electrons. The Kier molecular flexibility index (Phi) is 5.39. The second-order valence-corrected chi connectivity index (χ2v) is 7.32. The Bertz CT molecular complexity index is 810. The van der Waals surface area contributed by atoms with E-state index in [1.165, 1.54) is 6.07 Å². The number of hydrogen-bond acceptors (Lipinski definition) is 3. The highest BCUT2D eigenvalue weighted by molar-refractivity contribution is 5.79. The van der Waals surface area contributed by atoms with Crippen LogP contribution in [0.1, 0.15) is 36.4 Å². The van der Waals surface area contributed by atoms with Gasteiger partial charge in [0.1, 0.15) is 18.2 Å². The molecular weight excluding hydrogens is 343 g/mol. The van der Waals surface area contributed by atoms with Gasteiger partial charge in [-0.2, -0.15) is 0 Å². The highest BCUT2D eigenvalue weighted by Crippen LogP contribution is 2.31. The molecule has 142 valence electrons. The second kappa shape index (κ2) is 8.09. The van der Waals surface area contributed by atoms with Crippen LogP contribution >= 0.6 is 0 Å². The largest absolute Gasteiger partial charge is 0.492 e. The minimum Gasteiger partial charge on any atom is -0.492 e. The van der Waals surface area contributed by atoms with Crippen LogP contribution in [0.3, 0.4) is 0 Å². The molecule has 1 fully saturated rings. The van der Waals surface area contributed by atoms with E-state index in [-0.39, 0.29) is 17.8 Å². The van der Waals surface area contributed by atoms with Crippen LogP contribution in [0.15, 0.2) is 48.5 Å². The summed E-state index contributed by atoms with van der Waals surface area (Å²) in [6.07, 6.45) is 2.96. The van der Waals surface area contributed by atoms with Crippen molar-refractivity contribution in [3.8, 4) is 5.75 Å². The third kappa shape index (κ3) is 4.14. The monoisotopic (exact) mass is 368 g/mol. The summed E-state index contributed by atoms with van der Waals surface area (Å²) in [5.74, 6) is 0.776. The minimum absolute atomic E-state index is 0.0301. The average Bonchev–Trinajstić information content (AvgIpc) is 2.89. The molecule has 0 N–H and O–H groups in total. The van der Waals surface area contributed by atoms with Crippen LogP contribution in [0.4, 0.5) is 4.39 Å². The van der Waals surface area contributed by atoms with E-state index >= 15 is 0 Å². The van der Waals surface area contributed by atoms with Crippen LogP contribution in [0.5, 0.6) is 5.75 Å². The number of hydrogen-bond donors (Lipinski definition) is 0. The van der Waals surface area contributed by atoms with E-state index in [1.807, 2.05) is 29.2 Å². The van der Waals surface area contributed by atoms with Gasteiger partial charge in [0, 0.05) is 25.2 Å². The molecule has 1 amide bonds. The maximum atomic E-state index is 13.7. The molecule has 1 saturated heterocycles. The number of rotatable bonds is 3. The van der Waals surface area contributed by atoms with Crippen molar-refractivity contribution in [2.45, 2.75) is 31.8 Å². The Morgan fingerprint density at radius 2 is 2.00 bits per heavy atom. The Morgan fingerprint density at radius 1 is 1.11 bits per heavy atom. The molecule has 27 heavy (non-hydrogen) atoms. The van der Waals surface area contributed by atoms with E-state index in [4.69, 9.17) is 4.74 Å². The highest BCUT2D eigenvalue weighted by Gasteiger charge is 2.29. The summed E-state index contributed by atoms with van der Waals surface area (Å²) in [6, 6.07) is 14.6. The molecule has 2 aliphatic heterocycles. The highest BCUT2D eigenvalue weighted by atomic mass is 19.1. The zero-order valence-electron chi connectivity index (χ0n) is 15.4. The van der Waals surface area contributed by atoms with Crippen LogP contribution in [-0.2, 0) is 11.3 Å². The van der Waals surface area contributed by atoms with E-state index in [1.54, 1.807) is 12.1 Å². The van der Waals surface area contributed by atoms with Crippen molar-refractivity contribution in [3.05, 3.63) is 65.5 Å². The predicted octanol–water partition coefficient (Wildman–Crippen LogP) is 3.77. The number of piperidine rings is 1. The first-order chi connectivity index (χ1) is 13.2. The van der Waals surface area contributed by atoms with Crippen molar-refractivity contribution >= 4 is 5.91 Å². The topological polar surface area (TPSA) is 32.8 Å². The van der Waals surface area contributed by atoms with Gasteiger partial charge in [-0.1, -0.05) is 30.3 Å². The Hall–Kier alpha value is -2.40. The molecule has 2 aromatic carbocycles. The van der Waals surface area contributed by atoms with Gasteiger partial charge < -0.3 is 9.64 Å². The van der Waals surface area contributed by atoms with Crippen molar-refractivity contribution < 1.29 is 13.9 Å². The lowest BCUT2D eigenvalue weighted by Gasteiger charge is -2.37.